The molecule has 1 aliphatic rings. The molecular weight excluding hydrogens is 235 g/mol. The summed E-state index contributed by atoms with van der Waals surface area (Å²) in [5.41, 5.74) is 0. The Balaban J connectivity index is 2.56. The van der Waals surface area contributed by atoms with E-state index < -0.39 is 24.7 Å². The number of ether oxygens (including phenoxy) is 1. The number of carbonyl (C=O) groups excluding carboxylic acids is 1. The van der Waals surface area contributed by atoms with Gasteiger partial charge in [-0.2, -0.15) is 13.2 Å². The zero-order valence-corrected chi connectivity index (χ0v) is 9.85. The Morgan fingerprint density at radius 1 is 1.35 bits per heavy atom. The van der Waals surface area contributed by atoms with Crippen LogP contribution in [0.15, 0.2) is 0 Å². The molecule has 0 aliphatic heterocycles. The lowest BCUT2D eigenvalue weighted by Gasteiger charge is -2.29. The third-order valence-corrected chi connectivity index (χ3v) is 3.10. The van der Waals surface area contributed by atoms with Crippen LogP contribution in [-0.2, 0) is 9.53 Å². The smallest absolute Gasteiger partial charge is 0.401 e. The Morgan fingerprint density at radius 2 is 1.94 bits per heavy atom. The van der Waals surface area contributed by atoms with Gasteiger partial charge in [0.25, 0.3) is 0 Å². The number of carbonyl (C=O) groups is 1. The molecular formula is C11H18F3NO2. The zero-order valence-electron chi connectivity index (χ0n) is 9.85. The SMILES string of the molecule is COC(=O)C(NCC(F)(F)F)C1CCCCC1. The maximum atomic E-state index is 12.1. The molecule has 0 bridgehead atoms. The van der Waals surface area contributed by atoms with Crippen molar-refractivity contribution in [2.24, 2.45) is 5.92 Å². The van der Waals surface area contributed by atoms with E-state index in [9.17, 15) is 18.0 Å². The predicted octanol–water partition coefficient (Wildman–Crippen LogP) is 2.26. The Morgan fingerprint density at radius 3 is 2.41 bits per heavy atom. The van der Waals surface area contributed by atoms with Crippen LogP contribution in [0.3, 0.4) is 0 Å². The molecule has 3 nitrogen and oxygen atoms in total. The highest BCUT2D eigenvalue weighted by Crippen LogP contribution is 2.27. The Hall–Kier alpha value is -0.780. The van der Waals surface area contributed by atoms with Crippen LogP contribution < -0.4 is 5.32 Å². The van der Waals surface area contributed by atoms with E-state index in [4.69, 9.17) is 0 Å². The summed E-state index contributed by atoms with van der Waals surface area (Å²) in [5.74, 6) is -0.639. The first kappa shape index (κ1) is 14.3. The van der Waals surface area contributed by atoms with E-state index in [-0.39, 0.29) is 5.92 Å². The third-order valence-electron chi connectivity index (χ3n) is 3.10. The molecule has 1 saturated carbocycles. The maximum Gasteiger partial charge on any atom is 0.401 e. The van der Waals surface area contributed by atoms with Gasteiger partial charge in [0.15, 0.2) is 0 Å². The second-order valence-electron chi connectivity index (χ2n) is 4.39. The Bertz CT molecular complexity index is 250. The van der Waals surface area contributed by atoms with Gasteiger partial charge < -0.3 is 4.74 Å². The van der Waals surface area contributed by atoms with Gasteiger partial charge in [0.2, 0.25) is 0 Å². The molecule has 0 saturated heterocycles. The largest absolute Gasteiger partial charge is 0.468 e. The minimum absolute atomic E-state index is 0.0430. The molecule has 0 aromatic carbocycles. The number of esters is 1. The van der Waals surface area contributed by atoms with Crippen molar-refractivity contribution in [2.75, 3.05) is 13.7 Å². The van der Waals surface area contributed by atoms with Crippen molar-refractivity contribution >= 4 is 5.97 Å². The molecule has 0 spiro atoms. The van der Waals surface area contributed by atoms with Crippen LogP contribution >= 0.6 is 0 Å². The van der Waals surface area contributed by atoms with Crippen LogP contribution in [-0.4, -0.2) is 31.8 Å². The minimum atomic E-state index is -4.30. The molecule has 1 N–H and O–H groups in total. The van der Waals surface area contributed by atoms with Crippen molar-refractivity contribution in [2.45, 2.75) is 44.3 Å². The summed E-state index contributed by atoms with van der Waals surface area (Å²) in [6.07, 6.45) is 0.275. The topological polar surface area (TPSA) is 38.3 Å². The van der Waals surface area contributed by atoms with E-state index in [0.29, 0.717) is 0 Å². The van der Waals surface area contributed by atoms with Gasteiger partial charge in [0.05, 0.1) is 13.7 Å². The van der Waals surface area contributed by atoms with Crippen molar-refractivity contribution < 1.29 is 22.7 Å². The molecule has 1 atom stereocenters. The third kappa shape index (κ3) is 4.93. The number of nitrogens with one attached hydrogen (secondary N) is 1. The van der Waals surface area contributed by atoms with Gasteiger partial charge in [-0.05, 0) is 18.8 Å². The molecule has 0 heterocycles. The van der Waals surface area contributed by atoms with E-state index in [1.165, 1.54) is 7.11 Å². The number of hydrogen-bond acceptors (Lipinski definition) is 3. The zero-order chi connectivity index (χ0) is 12.9. The van der Waals surface area contributed by atoms with Crippen LogP contribution in [0.2, 0.25) is 0 Å². The molecule has 0 aromatic rings. The minimum Gasteiger partial charge on any atom is -0.468 e. The number of rotatable bonds is 4. The summed E-state index contributed by atoms with van der Waals surface area (Å²) in [4.78, 5) is 11.5. The maximum absolute atomic E-state index is 12.1. The lowest BCUT2D eigenvalue weighted by molar-refractivity contribution is -0.149. The molecule has 0 amide bonds. The number of halogens is 3. The molecule has 0 aromatic heterocycles. The van der Waals surface area contributed by atoms with E-state index >= 15 is 0 Å². The summed E-state index contributed by atoms with van der Waals surface area (Å²) >= 11 is 0. The van der Waals surface area contributed by atoms with Crippen LogP contribution in [0, 0.1) is 5.92 Å². The molecule has 1 rings (SSSR count). The van der Waals surface area contributed by atoms with Gasteiger partial charge in [-0.25, -0.2) is 0 Å². The summed E-state index contributed by atoms with van der Waals surface area (Å²) in [5, 5.41) is 2.28. The molecule has 100 valence electrons. The van der Waals surface area contributed by atoms with E-state index in [0.717, 1.165) is 32.1 Å². The Labute approximate surface area is 98.7 Å². The molecule has 1 fully saturated rings. The van der Waals surface area contributed by atoms with Crippen molar-refractivity contribution in [3.63, 3.8) is 0 Å². The van der Waals surface area contributed by atoms with Crippen molar-refractivity contribution in [1.29, 1.82) is 0 Å². The fourth-order valence-corrected chi connectivity index (χ4v) is 2.26. The van der Waals surface area contributed by atoms with E-state index in [1.54, 1.807) is 0 Å². The molecule has 6 heteroatoms. The van der Waals surface area contributed by atoms with E-state index in [2.05, 4.69) is 10.1 Å². The quantitative estimate of drug-likeness (QED) is 0.781. The number of methoxy groups -OCH3 is 1. The highest BCUT2D eigenvalue weighted by molar-refractivity contribution is 5.76. The summed E-state index contributed by atoms with van der Waals surface area (Å²) in [6.45, 7) is -1.15. The monoisotopic (exact) mass is 253 g/mol. The van der Waals surface area contributed by atoms with E-state index in [1.807, 2.05) is 0 Å². The van der Waals surface area contributed by atoms with Crippen molar-refractivity contribution in [1.82, 2.24) is 5.32 Å². The second kappa shape index (κ2) is 6.23. The summed E-state index contributed by atoms with van der Waals surface area (Å²) in [6, 6.07) is -0.832. The molecule has 1 unspecified atom stereocenters. The molecule has 0 radical (unpaired) electrons. The first-order valence-electron chi connectivity index (χ1n) is 5.82. The lowest BCUT2D eigenvalue weighted by atomic mass is 9.84. The normalized spacial score (nSPS) is 20.0. The van der Waals surface area contributed by atoms with Gasteiger partial charge in [-0.3, -0.25) is 10.1 Å². The van der Waals surface area contributed by atoms with Gasteiger partial charge in [0, 0.05) is 0 Å². The highest BCUT2D eigenvalue weighted by Gasteiger charge is 2.34. The van der Waals surface area contributed by atoms with Gasteiger partial charge >= 0.3 is 12.1 Å². The Kier molecular flexibility index (Phi) is 5.24. The average Bonchev–Trinajstić information content (AvgIpc) is 2.29. The average molecular weight is 253 g/mol. The number of alkyl halides is 3. The fourth-order valence-electron chi connectivity index (χ4n) is 2.26. The predicted molar refractivity (Wildman–Crippen MR) is 56.4 cm³/mol. The van der Waals surface area contributed by atoms with Gasteiger partial charge in [0.1, 0.15) is 6.04 Å². The van der Waals surface area contributed by atoms with Crippen molar-refractivity contribution in [3.05, 3.63) is 0 Å². The van der Waals surface area contributed by atoms with Gasteiger partial charge in [-0.15, -0.1) is 0 Å². The summed E-state index contributed by atoms with van der Waals surface area (Å²) in [7, 11) is 1.20. The second-order valence-corrected chi connectivity index (χ2v) is 4.39. The molecule has 17 heavy (non-hydrogen) atoms. The van der Waals surface area contributed by atoms with Crippen LogP contribution in [0.4, 0.5) is 13.2 Å². The standard InChI is InChI=1S/C11H18F3NO2/c1-17-10(16)9(15-7-11(12,13)14)8-5-3-2-4-6-8/h8-9,15H,2-7H2,1H3. The van der Waals surface area contributed by atoms with Crippen LogP contribution in [0.25, 0.3) is 0 Å². The fraction of sp³-hybridized carbons (Fsp3) is 0.909. The molecule has 1 aliphatic carbocycles. The van der Waals surface area contributed by atoms with Crippen LogP contribution in [0.5, 0.6) is 0 Å². The lowest BCUT2D eigenvalue weighted by Crippen LogP contribution is -2.47. The number of hydrogen-bond donors (Lipinski definition) is 1. The van der Waals surface area contributed by atoms with Crippen molar-refractivity contribution in [3.8, 4) is 0 Å². The van der Waals surface area contributed by atoms with Gasteiger partial charge in [-0.1, -0.05) is 19.3 Å². The van der Waals surface area contributed by atoms with Crippen LogP contribution in [0.1, 0.15) is 32.1 Å². The summed E-state index contributed by atoms with van der Waals surface area (Å²) < 4.78 is 41.0. The highest BCUT2D eigenvalue weighted by atomic mass is 19.4. The first-order chi connectivity index (χ1) is 7.94. The first-order valence-corrected chi connectivity index (χ1v) is 5.82.